The Morgan fingerprint density at radius 1 is 0.941 bits per heavy atom. The van der Waals surface area contributed by atoms with Crippen molar-refractivity contribution < 1.29 is 14.2 Å². The van der Waals surface area contributed by atoms with E-state index < -0.39 is 0 Å². The van der Waals surface area contributed by atoms with Crippen LogP contribution in [0.1, 0.15) is 60.0 Å². The molecule has 1 saturated heterocycles. The number of nitrogens with zero attached hydrogens (tertiary/aromatic N) is 3. The van der Waals surface area contributed by atoms with Crippen LogP contribution in [0.3, 0.4) is 0 Å². The minimum Gasteiger partial charge on any atom is -0.497 e. The van der Waals surface area contributed by atoms with Crippen molar-refractivity contribution in [3.8, 4) is 40.8 Å². The zero-order valence-corrected chi connectivity index (χ0v) is 30.6. The fourth-order valence-corrected chi connectivity index (χ4v) is 7.31. The Morgan fingerprint density at radius 3 is 2.43 bits per heavy atom. The van der Waals surface area contributed by atoms with E-state index >= 15 is 0 Å². The molecule has 1 aromatic heterocycles. The van der Waals surface area contributed by atoms with Crippen LogP contribution >= 0.6 is 0 Å². The topological polar surface area (TPSA) is 59.1 Å². The molecular formula is C44H50N4O3. The number of hydrogen-bond donors (Lipinski definition) is 1. The maximum atomic E-state index is 5.91. The van der Waals surface area contributed by atoms with E-state index in [9.17, 15) is 0 Å². The van der Waals surface area contributed by atoms with Gasteiger partial charge in [-0.2, -0.15) is 0 Å². The van der Waals surface area contributed by atoms with Crippen LogP contribution in [-0.2, 0) is 13.0 Å². The van der Waals surface area contributed by atoms with E-state index in [0.717, 1.165) is 74.4 Å². The number of methoxy groups -OCH3 is 3. The van der Waals surface area contributed by atoms with Gasteiger partial charge in [0.2, 0.25) is 0 Å². The molecule has 2 aliphatic rings. The minimum absolute atomic E-state index is 0.112. The highest BCUT2D eigenvalue weighted by Crippen LogP contribution is 2.33. The third kappa shape index (κ3) is 8.41. The molecule has 0 saturated carbocycles. The lowest BCUT2D eigenvalue weighted by molar-refractivity contribution is 0.224. The fourth-order valence-electron chi connectivity index (χ4n) is 7.31. The van der Waals surface area contributed by atoms with E-state index in [1.807, 2.05) is 24.4 Å². The van der Waals surface area contributed by atoms with Crippen molar-refractivity contribution in [2.45, 2.75) is 58.2 Å². The number of aryl methyl sites for hydroxylation is 1. The second kappa shape index (κ2) is 16.7. The van der Waals surface area contributed by atoms with Gasteiger partial charge in [-0.25, -0.2) is 0 Å². The molecule has 6 rings (SSSR count). The summed E-state index contributed by atoms with van der Waals surface area (Å²) in [5.41, 5.74) is 10.4. The van der Waals surface area contributed by atoms with Gasteiger partial charge in [-0.3, -0.25) is 9.88 Å². The Balaban J connectivity index is 1.17. The minimum atomic E-state index is 0.112. The molecule has 1 N–H and O–H groups in total. The first-order chi connectivity index (χ1) is 24.9. The van der Waals surface area contributed by atoms with E-state index in [1.165, 1.54) is 33.5 Å². The molecule has 51 heavy (non-hydrogen) atoms. The molecule has 2 aliphatic heterocycles. The van der Waals surface area contributed by atoms with Crippen molar-refractivity contribution in [1.82, 2.24) is 15.2 Å². The number of rotatable bonds is 13. The quantitative estimate of drug-likeness (QED) is 0.143. The monoisotopic (exact) mass is 682 g/mol. The lowest BCUT2D eigenvalue weighted by Gasteiger charge is -2.40. The lowest BCUT2D eigenvalue weighted by atomic mass is 9.92. The van der Waals surface area contributed by atoms with E-state index in [-0.39, 0.29) is 6.04 Å². The van der Waals surface area contributed by atoms with Gasteiger partial charge in [-0.15, -0.1) is 6.42 Å². The molecule has 0 radical (unpaired) electrons. The zero-order chi connectivity index (χ0) is 35.7. The smallest absolute Gasteiger partial charge is 0.161 e. The number of nitrogens with one attached hydrogen (secondary N) is 1. The number of pyridine rings is 1. The van der Waals surface area contributed by atoms with E-state index in [4.69, 9.17) is 25.6 Å². The van der Waals surface area contributed by atoms with Crippen LogP contribution in [0.4, 0.5) is 5.69 Å². The molecule has 3 aromatic carbocycles. The summed E-state index contributed by atoms with van der Waals surface area (Å²) in [6.45, 7) is 8.13. The molecule has 7 nitrogen and oxygen atoms in total. The summed E-state index contributed by atoms with van der Waals surface area (Å²) >= 11 is 0. The second-order valence-electron chi connectivity index (χ2n) is 13.4. The number of benzene rings is 3. The molecule has 0 aliphatic carbocycles. The van der Waals surface area contributed by atoms with Gasteiger partial charge in [-0.05, 0) is 127 Å². The Kier molecular flexibility index (Phi) is 11.7. The van der Waals surface area contributed by atoms with Crippen LogP contribution < -0.4 is 24.4 Å². The average molecular weight is 683 g/mol. The summed E-state index contributed by atoms with van der Waals surface area (Å²) in [5.74, 6) is 5.17. The highest BCUT2D eigenvalue weighted by atomic mass is 16.5. The Hall–Kier alpha value is -5.19. The molecule has 264 valence electrons. The molecule has 1 unspecified atom stereocenters. The number of likely N-dealkylation sites (tertiary alicyclic amines) is 1. The van der Waals surface area contributed by atoms with Gasteiger partial charge in [0.1, 0.15) is 5.75 Å². The van der Waals surface area contributed by atoms with E-state index in [0.29, 0.717) is 17.5 Å². The molecule has 1 fully saturated rings. The van der Waals surface area contributed by atoms with Gasteiger partial charge in [0.15, 0.2) is 11.5 Å². The normalized spacial score (nSPS) is 16.2. The molecular weight excluding hydrogens is 633 g/mol. The predicted octanol–water partition coefficient (Wildman–Crippen LogP) is 8.27. The van der Waals surface area contributed by atoms with Crippen molar-refractivity contribution >= 4 is 5.69 Å². The van der Waals surface area contributed by atoms with Crippen LogP contribution in [0.25, 0.3) is 11.3 Å². The zero-order valence-electron chi connectivity index (χ0n) is 30.6. The molecule has 7 heteroatoms. The number of anilines is 1. The number of hydrogen-bond acceptors (Lipinski definition) is 7. The molecule has 0 spiro atoms. The van der Waals surface area contributed by atoms with E-state index in [2.05, 4.69) is 102 Å². The molecule has 4 aromatic rings. The number of ether oxygens (including phenoxy) is 3. The number of aromatic nitrogens is 1. The van der Waals surface area contributed by atoms with Gasteiger partial charge < -0.3 is 24.4 Å². The first-order valence-corrected chi connectivity index (χ1v) is 18.0. The Morgan fingerprint density at radius 2 is 1.73 bits per heavy atom. The van der Waals surface area contributed by atoms with Gasteiger partial charge in [0.25, 0.3) is 0 Å². The van der Waals surface area contributed by atoms with Gasteiger partial charge in [0, 0.05) is 55.2 Å². The van der Waals surface area contributed by atoms with Gasteiger partial charge >= 0.3 is 0 Å². The van der Waals surface area contributed by atoms with Crippen molar-refractivity contribution in [3.05, 3.63) is 125 Å². The Labute approximate surface area is 304 Å². The first-order valence-electron chi connectivity index (χ1n) is 18.0. The average Bonchev–Trinajstić information content (AvgIpc) is 3.18. The number of terminal acetylenes is 1. The largest absolute Gasteiger partial charge is 0.497 e. The summed E-state index contributed by atoms with van der Waals surface area (Å²) in [6.07, 6.45) is 18.8. The first kappa shape index (κ1) is 35.6. The van der Waals surface area contributed by atoms with Crippen molar-refractivity contribution in [3.63, 3.8) is 0 Å². The fraction of sp³-hybridized carbons (Fsp3) is 0.341. The number of piperidine rings is 1. The van der Waals surface area contributed by atoms with Crippen LogP contribution in [-0.4, -0.2) is 56.9 Å². The molecule has 3 heterocycles. The van der Waals surface area contributed by atoms with Crippen molar-refractivity contribution in [2.75, 3.05) is 45.9 Å². The summed E-state index contributed by atoms with van der Waals surface area (Å²) in [6, 6.07) is 23.7. The standard InChI is InChI=1S/C44H50N4O3/c1-7-9-35-27-37(26-34(8-2)31(35)3)42-24-32(16-20-46-42)29-47-22-18-39(19-23-47)48(38-11-13-40(49-4)14-12-38)30-33-17-21-45-41(25-33)36-10-15-43(50-5)44(28-36)51-6/h2,10-17,20-21,24-28,39,42,46H,7,9,18-19,22-23,29-30H2,1,3-6H3. The summed E-state index contributed by atoms with van der Waals surface area (Å²) < 4.78 is 16.5. The van der Waals surface area contributed by atoms with Crippen molar-refractivity contribution in [2.24, 2.45) is 0 Å². The van der Waals surface area contributed by atoms with Crippen molar-refractivity contribution in [1.29, 1.82) is 0 Å². The van der Waals surface area contributed by atoms with Gasteiger partial charge in [-0.1, -0.05) is 31.4 Å². The Bertz CT molecular complexity index is 1900. The molecule has 1 atom stereocenters. The highest BCUT2D eigenvalue weighted by molar-refractivity contribution is 5.65. The maximum Gasteiger partial charge on any atom is 0.161 e. The van der Waals surface area contributed by atoms with Crippen LogP contribution in [0.5, 0.6) is 17.2 Å². The highest BCUT2D eigenvalue weighted by Gasteiger charge is 2.26. The SMILES string of the molecule is C#Cc1cc(C2C=C(CN3CCC(N(Cc4ccnc(-c5ccc(OC)c(OC)c5)c4)c4ccc(OC)cc4)CC3)C=CN2)cc(CCC)c1C. The molecule has 0 bridgehead atoms. The third-order valence-corrected chi connectivity index (χ3v) is 10.2. The number of dihydropyridines is 1. The molecule has 0 amide bonds. The maximum absolute atomic E-state index is 5.91. The summed E-state index contributed by atoms with van der Waals surface area (Å²) in [7, 11) is 5.02. The van der Waals surface area contributed by atoms with Crippen LogP contribution in [0.2, 0.25) is 0 Å². The lowest BCUT2D eigenvalue weighted by Crippen LogP contribution is -2.45. The summed E-state index contributed by atoms with van der Waals surface area (Å²) in [4.78, 5) is 9.85. The van der Waals surface area contributed by atoms with Crippen LogP contribution in [0.15, 0.2) is 96.9 Å². The van der Waals surface area contributed by atoms with E-state index in [1.54, 1.807) is 21.3 Å². The second-order valence-corrected chi connectivity index (χ2v) is 13.4. The van der Waals surface area contributed by atoms with Crippen LogP contribution in [0, 0.1) is 19.3 Å². The third-order valence-electron chi connectivity index (χ3n) is 10.2. The van der Waals surface area contributed by atoms with Gasteiger partial charge in [0.05, 0.1) is 33.1 Å². The summed E-state index contributed by atoms with van der Waals surface area (Å²) in [5, 5.41) is 3.56. The predicted molar refractivity (Wildman–Crippen MR) is 208 cm³/mol.